The maximum Gasteiger partial charge on any atom is 0.309 e. The number of hydrogen-bond donors (Lipinski definition) is 1. The Bertz CT molecular complexity index is 387. The molecular weight excluding hydrogens is 246 g/mol. The van der Waals surface area contributed by atoms with Gasteiger partial charge in [0.25, 0.3) is 0 Å². The Morgan fingerprint density at radius 2 is 1.79 bits per heavy atom. The highest BCUT2D eigenvalue weighted by atomic mass is 16.5. The van der Waals surface area contributed by atoms with Crippen LogP contribution in [0.2, 0.25) is 0 Å². The minimum atomic E-state index is -0.820. The van der Waals surface area contributed by atoms with Crippen LogP contribution in [0.15, 0.2) is 0 Å². The molecule has 1 amide bonds. The minimum absolute atomic E-state index is 0.0956. The number of carbonyl (C=O) groups excluding carboxylic acids is 1. The maximum absolute atomic E-state index is 12.6. The first-order valence-electron chi connectivity index (χ1n) is 6.90. The molecule has 0 spiro atoms. The van der Waals surface area contributed by atoms with Crippen LogP contribution < -0.4 is 0 Å². The number of carboxylic acid groups (broad SMARTS) is 1. The summed E-state index contributed by atoms with van der Waals surface area (Å²) in [6, 6.07) is 0. The smallest absolute Gasteiger partial charge is 0.309 e. The molecule has 0 radical (unpaired) electrons. The van der Waals surface area contributed by atoms with Gasteiger partial charge in [0, 0.05) is 19.0 Å². The van der Waals surface area contributed by atoms with Crippen molar-refractivity contribution in [3.63, 3.8) is 0 Å². The Balaban J connectivity index is 2.17. The van der Waals surface area contributed by atoms with Gasteiger partial charge in [-0.25, -0.2) is 0 Å². The molecule has 0 aromatic heterocycles. The summed E-state index contributed by atoms with van der Waals surface area (Å²) in [4.78, 5) is 26.0. The van der Waals surface area contributed by atoms with E-state index in [0.29, 0.717) is 39.1 Å². The lowest BCUT2D eigenvalue weighted by Gasteiger charge is -2.40. The SMILES string of the molecule is CC1(C)[C@@H](C(=O)N2CCOCC2)CC[C@@]1(C)C(=O)O. The number of carboxylic acids is 1. The van der Waals surface area contributed by atoms with E-state index >= 15 is 0 Å². The predicted molar refractivity (Wildman–Crippen MR) is 69.6 cm³/mol. The summed E-state index contributed by atoms with van der Waals surface area (Å²) in [6.07, 6.45) is 1.22. The molecule has 0 aromatic carbocycles. The number of ether oxygens (including phenoxy) is 1. The highest BCUT2D eigenvalue weighted by molar-refractivity contribution is 5.84. The molecule has 19 heavy (non-hydrogen) atoms. The predicted octanol–water partition coefficient (Wildman–Crippen LogP) is 1.37. The Morgan fingerprint density at radius 3 is 2.26 bits per heavy atom. The zero-order valence-electron chi connectivity index (χ0n) is 11.9. The van der Waals surface area contributed by atoms with E-state index in [2.05, 4.69) is 0 Å². The van der Waals surface area contributed by atoms with Crippen LogP contribution in [0.5, 0.6) is 0 Å². The molecule has 5 heteroatoms. The second kappa shape index (κ2) is 4.78. The van der Waals surface area contributed by atoms with Gasteiger partial charge in [0.05, 0.1) is 18.6 Å². The third-order valence-corrected chi connectivity index (χ3v) is 5.32. The van der Waals surface area contributed by atoms with Crippen molar-refractivity contribution >= 4 is 11.9 Å². The average molecular weight is 269 g/mol. The Kier molecular flexibility index (Phi) is 3.60. The van der Waals surface area contributed by atoms with Crippen molar-refractivity contribution in [1.82, 2.24) is 4.90 Å². The molecule has 1 aliphatic carbocycles. The number of nitrogens with zero attached hydrogens (tertiary/aromatic N) is 1. The van der Waals surface area contributed by atoms with E-state index in [-0.39, 0.29) is 11.8 Å². The van der Waals surface area contributed by atoms with Crippen molar-refractivity contribution < 1.29 is 19.4 Å². The number of morpholine rings is 1. The fourth-order valence-electron chi connectivity index (χ4n) is 3.32. The molecule has 0 aromatic rings. The first kappa shape index (κ1) is 14.3. The summed E-state index contributed by atoms with van der Waals surface area (Å²) in [5, 5.41) is 9.47. The number of carbonyl (C=O) groups is 2. The van der Waals surface area contributed by atoms with E-state index in [1.54, 1.807) is 6.92 Å². The van der Waals surface area contributed by atoms with E-state index in [4.69, 9.17) is 4.74 Å². The van der Waals surface area contributed by atoms with Gasteiger partial charge < -0.3 is 14.7 Å². The molecule has 5 nitrogen and oxygen atoms in total. The van der Waals surface area contributed by atoms with Gasteiger partial charge in [-0.2, -0.15) is 0 Å². The van der Waals surface area contributed by atoms with Crippen LogP contribution in [0, 0.1) is 16.7 Å². The van der Waals surface area contributed by atoms with E-state index in [0.717, 1.165) is 0 Å². The van der Waals surface area contributed by atoms with Gasteiger partial charge in [-0.05, 0) is 25.2 Å². The van der Waals surface area contributed by atoms with Crippen LogP contribution in [0.25, 0.3) is 0 Å². The molecule has 2 aliphatic rings. The second-order valence-corrected chi connectivity index (χ2v) is 6.39. The van der Waals surface area contributed by atoms with Crippen LogP contribution in [-0.4, -0.2) is 48.2 Å². The van der Waals surface area contributed by atoms with E-state index in [1.807, 2.05) is 18.7 Å². The molecular formula is C14H23NO4. The molecule has 1 saturated heterocycles. The normalized spacial score (nSPS) is 34.3. The van der Waals surface area contributed by atoms with Crippen molar-refractivity contribution in [1.29, 1.82) is 0 Å². The van der Waals surface area contributed by atoms with Crippen molar-refractivity contribution in [3.8, 4) is 0 Å². The summed E-state index contributed by atoms with van der Waals surface area (Å²) in [6.45, 7) is 7.99. The first-order chi connectivity index (χ1) is 8.80. The molecule has 1 N–H and O–H groups in total. The van der Waals surface area contributed by atoms with Gasteiger partial charge >= 0.3 is 5.97 Å². The third-order valence-electron chi connectivity index (χ3n) is 5.32. The zero-order valence-corrected chi connectivity index (χ0v) is 11.9. The lowest BCUT2D eigenvalue weighted by Crippen LogP contribution is -2.49. The van der Waals surface area contributed by atoms with Gasteiger partial charge in [-0.15, -0.1) is 0 Å². The molecule has 1 heterocycles. The van der Waals surface area contributed by atoms with E-state index in [9.17, 15) is 14.7 Å². The van der Waals surface area contributed by atoms with Gasteiger partial charge in [0.2, 0.25) is 5.91 Å². The largest absolute Gasteiger partial charge is 0.481 e. The van der Waals surface area contributed by atoms with Crippen LogP contribution in [0.4, 0.5) is 0 Å². The van der Waals surface area contributed by atoms with Crippen molar-refractivity contribution in [3.05, 3.63) is 0 Å². The highest BCUT2D eigenvalue weighted by Crippen LogP contribution is 2.56. The van der Waals surface area contributed by atoms with Gasteiger partial charge in [0.1, 0.15) is 0 Å². The summed E-state index contributed by atoms with van der Waals surface area (Å²) in [7, 11) is 0. The average Bonchev–Trinajstić information content (AvgIpc) is 2.62. The fraction of sp³-hybridized carbons (Fsp3) is 0.857. The molecule has 0 unspecified atom stereocenters. The maximum atomic E-state index is 12.6. The summed E-state index contributed by atoms with van der Waals surface area (Å²) >= 11 is 0. The Labute approximate surface area is 113 Å². The second-order valence-electron chi connectivity index (χ2n) is 6.39. The minimum Gasteiger partial charge on any atom is -0.481 e. The monoisotopic (exact) mass is 269 g/mol. The Morgan fingerprint density at radius 1 is 1.21 bits per heavy atom. The van der Waals surface area contributed by atoms with E-state index in [1.165, 1.54) is 0 Å². The number of aliphatic carboxylic acids is 1. The van der Waals surface area contributed by atoms with E-state index < -0.39 is 16.8 Å². The van der Waals surface area contributed by atoms with Crippen LogP contribution in [0.3, 0.4) is 0 Å². The molecule has 2 atom stereocenters. The molecule has 108 valence electrons. The standard InChI is InChI=1S/C14H23NO4/c1-13(2)10(4-5-14(13,3)12(17)18)11(16)15-6-8-19-9-7-15/h10H,4-9H2,1-3H3,(H,17,18)/t10-,14+/m1/s1. The summed E-state index contributed by atoms with van der Waals surface area (Å²) < 4.78 is 5.26. The lowest BCUT2D eigenvalue weighted by atomic mass is 9.65. The van der Waals surface area contributed by atoms with Gasteiger partial charge in [-0.1, -0.05) is 13.8 Å². The van der Waals surface area contributed by atoms with Crippen LogP contribution >= 0.6 is 0 Å². The molecule has 0 bridgehead atoms. The fourth-order valence-corrected chi connectivity index (χ4v) is 3.32. The van der Waals surface area contributed by atoms with Gasteiger partial charge in [0.15, 0.2) is 0 Å². The molecule has 2 fully saturated rings. The molecule has 1 saturated carbocycles. The quantitative estimate of drug-likeness (QED) is 0.822. The Hall–Kier alpha value is -1.10. The third kappa shape index (κ3) is 2.14. The summed E-state index contributed by atoms with van der Waals surface area (Å²) in [5.41, 5.74) is -1.34. The first-order valence-corrected chi connectivity index (χ1v) is 6.90. The number of amides is 1. The van der Waals surface area contributed by atoms with Crippen molar-refractivity contribution in [2.45, 2.75) is 33.6 Å². The zero-order chi connectivity index (χ0) is 14.3. The topological polar surface area (TPSA) is 66.8 Å². The van der Waals surface area contributed by atoms with Crippen molar-refractivity contribution in [2.75, 3.05) is 26.3 Å². The van der Waals surface area contributed by atoms with Gasteiger partial charge in [-0.3, -0.25) is 9.59 Å². The van der Waals surface area contributed by atoms with Crippen LogP contribution in [0.1, 0.15) is 33.6 Å². The molecule has 2 rings (SSSR count). The highest BCUT2D eigenvalue weighted by Gasteiger charge is 2.58. The number of rotatable bonds is 2. The van der Waals surface area contributed by atoms with Crippen molar-refractivity contribution in [2.24, 2.45) is 16.7 Å². The lowest BCUT2D eigenvalue weighted by molar-refractivity contribution is -0.157. The molecule has 1 aliphatic heterocycles. The number of hydrogen-bond acceptors (Lipinski definition) is 3. The summed E-state index contributed by atoms with van der Waals surface area (Å²) in [5.74, 6) is -0.903. The van der Waals surface area contributed by atoms with Crippen LogP contribution in [-0.2, 0) is 14.3 Å².